The Morgan fingerprint density at radius 3 is 2.62 bits per heavy atom. The first-order chi connectivity index (χ1) is 6.06. The van der Waals surface area contributed by atoms with Crippen molar-refractivity contribution in [2.24, 2.45) is 0 Å². The van der Waals surface area contributed by atoms with E-state index in [9.17, 15) is 17.6 Å². The highest BCUT2D eigenvalue weighted by Gasteiger charge is 2.13. The van der Waals surface area contributed by atoms with E-state index < -0.39 is 21.4 Å². The fourth-order valence-electron chi connectivity index (χ4n) is 0.846. The fraction of sp³-hybridized carbons (Fsp3) is 0.125. The van der Waals surface area contributed by atoms with Crippen molar-refractivity contribution in [1.82, 2.24) is 0 Å². The molecule has 5 heteroatoms. The highest BCUT2D eigenvalue weighted by molar-refractivity contribution is 7.92. The number of sulfone groups is 1. The van der Waals surface area contributed by atoms with Gasteiger partial charge >= 0.3 is 0 Å². The zero-order valence-electron chi connectivity index (χ0n) is 6.60. The van der Waals surface area contributed by atoms with Crippen LogP contribution in [0.5, 0.6) is 0 Å². The second kappa shape index (κ2) is 3.66. The number of aldehydes is 1. The van der Waals surface area contributed by atoms with Crippen molar-refractivity contribution in [2.45, 2.75) is 4.90 Å². The van der Waals surface area contributed by atoms with Crippen LogP contribution in [0.25, 0.3) is 0 Å². The average molecular weight is 202 g/mol. The number of benzene rings is 1. The van der Waals surface area contributed by atoms with Crippen LogP contribution < -0.4 is 0 Å². The number of carbonyl (C=O) groups is 1. The van der Waals surface area contributed by atoms with E-state index in [0.29, 0.717) is 0 Å². The Labute approximate surface area is 75.1 Å². The van der Waals surface area contributed by atoms with Gasteiger partial charge in [0.1, 0.15) is 17.9 Å². The molecule has 0 spiro atoms. The number of hydrogen-bond donors (Lipinski definition) is 0. The van der Waals surface area contributed by atoms with Gasteiger partial charge in [-0.15, -0.1) is 0 Å². The molecule has 0 atom stereocenters. The molecule has 0 heterocycles. The second-order valence-electron chi connectivity index (χ2n) is 2.41. The largest absolute Gasteiger partial charge is 0.302 e. The molecule has 0 saturated carbocycles. The third kappa shape index (κ3) is 2.35. The lowest BCUT2D eigenvalue weighted by molar-refractivity contribution is -0.105. The standard InChI is InChI=1S/C8H7FO3S/c9-7-2-1-3-8(6-7)13(11,12)5-4-10/h1-4,6H,5H2. The van der Waals surface area contributed by atoms with E-state index in [1.165, 1.54) is 12.1 Å². The van der Waals surface area contributed by atoms with E-state index in [-0.39, 0.29) is 11.2 Å². The van der Waals surface area contributed by atoms with Gasteiger partial charge in [0.05, 0.1) is 4.90 Å². The SMILES string of the molecule is O=CCS(=O)(=O)c1cccc(F)c1. The lowest BCUT2D eigenvalue weighted by atomic mass is 10.4. The van der Waals surface area contributed by atoms with Crippen LogP contribution in [0.3, 0.4) is 0 Å². The van der Waals surface area contributed by atoms with Crippen molar-refractivity contribution in [1.29, 1.82) is 0 Å². The molecule has 1 aromatic carbocycles. The molecular formula is C8H7FO3S. The average Bonchev–Trinajstić information content (AvgIpc) is 2.04. The van der Waals surface area contributed by atoms with E-state index in [2.05, 4.69) is 0 Å². The Morgan fingerprint density at radius 1 is 1.38 bits per heavy atom. The first-order valence-corrected chi connectivity index (χ1v) is 5.13. The minimum Gasteiger partial charge on any atom is -0.302 e. The van der Waals surface area contributed by atoms with Gasteiger partial charge in [0.15, 0.2) is 9.84 Å². The molecule has 0 amide bonds. The summed E-state index contributed by atoms with van der Waals surface area (Å²) in [7, 11) is -3.64. The Bertz CT molecular complexity index is 411. The van der Waals surface area contributed by atoms with Gasteiger partial charge in [-0.3, -0.25) is 0 Å². The Morgan fingerprint density at radius 2 is 2.08 bits per heavy atom. The molecule has 0 radical (unpaired) electrons. The smallest absolute Gasteiger partial charge is 0.185 e. The first-order valence-electron chi connectivity index (χ1n) is 3.48. The molecule has 1 aromatic rings. The highest BCUT2D eigenvalue weighted by atomic mass is 32.2. The molecule has 0 unspecified atom stereocenters. The van der Waals surface area contributed by atoms with Crippen molar-refractivity contribution >= 4 is 16.1 Å². The fourth-order valence-corrected chi connectivity index (χ4v) is 1.80. The van der Waals surface area contributed by atoms with Gasteiger partial charge < -0.3 is 4.79 Å². The predicted molar refractivity (Wildman–Crippen MR) is 44.5 cm³/mol. The zero-order valence-corrected chi connectivity index (χ0v) is 7.42. The maximum absolute atomic E-state index is 12.6. The normalized spacial score (nSPS) is 11.2. The van der Waals surface area contributed by atoms with Crippen LogP contribution in [0.2, 0.25) is 0 Å². The molecule has 0 aliphatic carbocycles. The van der Waals surface area contributed by atoms with Crippen molar-refractivity contribution < 1.29 is 17.6 Å². The van der Waals surface area contributed by atoms with Gasteiger partial charge in [-0.1, -0.05) is 6.07 Å². The lowest BCUT2D eigenvalue weighted by Gasteiger charge is -1.98. The van der Waals surface area contributed by atoms with Gasteiger partial charge in [0.25, 0.3) is 0 Å². The summed E-state index contributed by atoms with van der Waals surface area (Å²) in [5.41, 5.74) is 0. The summed E-state index contributed by atoms with van der Waals surface area (Å²) in [4.78, 5) is 9.84. The molecule has 0 aliphatic heterocycles. The van der Waals surface area contributed by atoms with E-state index in [1.807, 2.05) is 0 Å². The van der Waals surface area contributed by atoms with E-state index in [4.69, 9.17) is 0 Å². The summed E-state index contributed by atoms with van der Waals surface area (Å²) in [5, 5.41) is 0. The molecule has 0 fully saturated rings. The van der Waals surface area contributed by atoms with Gasteiger partial charge in [0.2, 0.25) is 0 Å². The van der Waals surface area contributed by atoms with Gasteiger partial charge in [-0.05, 0) is 18.2 Å². The summed E-state index contributed by atoms with van der Waals surface area (Å²) < 4.78 is 35.0. The molecule has 0 aliphatic rings. The lowest BCUT2D eigenvalue weighted by Crippen LogP contribution is -2.07. The monoisotopic (exact) mass is 202 g/mol. The maximum atomic E-state index is 12.6. The van der Waals surface area contributed by atoms with Crippen molar-refractivity contribution in [3.8, 4) is 0 Å². The number of rotatable bonds is 3. The molecule has 1 rings (SSSR count). The van der Waals surface area contributed by atoms with Crippen LogP contribution >= 0.6 is 0 Å². The van der Waals surface area contributed by atoms with Crippen molar-refractivity contribution in [3.63, 3.8) is 0 Å². The van der Waals surface area contributed by atoms with Gasteiger partial charge in [-0.2, -0.15) is 0 Å². The van der Waals surface area contributed by atoms with Gasteiger partial charge in [0, 0.05) is 0 Å². The van der Waals surface area contributed by atoms with Crippen LogP contribution in [-0.4, -0.2) is 20.5 Å². The number of halogens is 1. The Hall–Kier alpha value is -1.23. The molecule has 13 heavy (non-hydrogen) atoms. The molecular weight excluding hydrogens is 195 g/mol. The topological polar surface area (TPSA) is 51.2 Å². The summed E-state index contributed by atoms with van der Waals surface area (Å²) in [6.07, 6.45) is 0.278. The van der Waals surface area contributed by atoms with Crippen molar-refractivity contribution in [2.75, 3.05) is 5.75 Å². The Kier molecular flexibility index (Phi) is 2.77. The minimum absolute atomic E-state index is 0.167. The number of carbonyl (C=O) groups excluding carboxylic acids is 1. The minimum atomic E-state index is -3.64. The third-order valence-corrected chi connectivity index (χ3v) is 2.99. The van der Waals surface area contributed by atoms with Crippen LogP contribution in [0.15, 0.2) is 29.2 Å². The summed E-state index contributed by atoms with van der Waals surface area (Å²) in [5.74, 6) is -1.25. The van der Waals surface area contributed by atoms with E-state index >= 15 is 0 Å². The van der Waals surface area contributed by atoms with E-state index in [0.717, 1.165) is 12.1 Å². The number of hydrogen-bond acceptors (Lipinski definition) is 3. The van der Waals surface area contributed by atoms with Crippen LogP contribution in [-0.2, 0) is 14.6 Å². The van der Waals surface area contributed by atoms with E-state index in [1.54, 1.807) is 0 Å². The van der Waals surface area contributed by atoms with Crippen LogP contribution in [0, 0.1) is 5.82 Å². The first kappa shape index (κ1) is 9.85. The van der Waals surface area contributed by atoms with Crippen LogP contribution in [0.1, 0.15) is 0 Å². The summed E-state index contributed by atoms with van der Waals surface area (Å²) >= 11 is 0. The van der Waals surface area contributed by atoms with Crippen LogP contribution in [0.4, 0.5) is 4.39 Å². The molecule has 0 bridgehead atoms. The highest BCUT2D eigenvalue weighted by Crippen LogP contribution is 2.11. The summed E-state index contributed by atoms with van der Waals surface area (Å²) in [6, 6.07) is 4.56. The predicted octanol–water partition coefficient (Wildman–Crippen LogP) is 0.798. The summed E-state index contributed by atoms with van der Waals surface area (Å²) in [6.45, 7) is 0. The second-order valence-corrected chi connectivity index (χ2v) is 4.44. The van der Waals surface area contributed by atoms with Crippen molar-refractivity contribution in [3.05, 3.63) is 30.1 Å². The maximum Gasteiger partial charge on any atom is 0.185 e. The third-order valence-electron chi connectivity index (χ3n) is 1.44. The van der Waals surface area contributed by atoms with Gasteiger partial charge in [-0.25, -0.2) is 12.8 Å². The molecule has 0 saturated heterocycles. The Balaban J connectivity index is 3.15. The molecule has 3 nitrogen and oxygen atoms in total. The molecule has 0 aromatic heterocycles. The molecule has 70 valence electrons. The zero-order chi connectivity index (χ0) is 9.90. The quantitative estimate of drug-likeness (QED) is 0.681. The molecule has 0 N–H and O–H groups in total.